The first-order valence-corrected chi connectivity index (χ1v) is 9.76. The number of benzene rings is 2. The predicted octanol–water partition coefficient (Wildman–Crippen LogP) is 4.26. The molecule has 1 fully saturated rings. The summed E-state index contributed by atoms with van der Waals surface area (Å²) in [6.45, 7) is 4.96. The van der Waals surface area contributed by atoms with E-state index in [1.807, 2.05) is 18.2 Å². The number of piperazine rings is 1. The molecule has 1 amide bonds. The summed E-state index contributed by atoms with van der Waals surface area (Å²) in [4.78, 5) is 16.8. The van der Waals surface area contributed by atoms with Gasteiger partial charge in [0.1, 0.15) is 0 Å². The molecule has 2 aromatic carbocycles. The van der Waals surface area contributed by atoms with Crippen LogP contribution in [0.15, 0.2) is 54.6 Å². The lowest BCUT2D eigenvalue weighted by Gasteiger charge is -2.33. The van der Waals surface area contributed by atoms with E-state index in [4.69, 9.17) is 23.2 Å². The molecule has 27 heavy (non-hydrogen) atoms. The second kappa shape index (κ2) is 9.90. The third-order valence-electron chi connectivity index (χ3n) is 4.45. The van der Waals surface area contributed by atoms with Crippen LogP contribution < -0.4 is 5.32 Å². The maximum Gasteiger partial charge on any atom is 0.238 e. The molecule has 2 aromatic rings. The number of rotatable bonds is 6. The molecule has 3 rings (SSSR count). The van der Waals surface area contributed by atoms with Crippen molar-refractivity contribution >= 4 is 40.9 Å². The van der Waals surface area contributed by atoms with Gasteiger partial charge in [0.15, 0.2) is 0 Å². The fourth-order valence-electron chi connectivity index (χ4n) is 3.06. The van der Waals surface area contributed by atoms with Gasteiger partial charge in [0.05, 0.1) is 6.54 Å². The van der Waals surface area contributed by atoms with E-state index >= 15 is 0 Å². The van der Waals surface area contributed by atoms with Gasteiger partial charge in [0.2, 0.25) is 5.91 Å². The van der Waals surface area contributed by atoms with Crippen molar-refractivity contribution in [2.75, 3.05) is 44.6 Å². The van der Waals surface area contributed by atoms with Crippen LogP contribution in [0.3, 0.4) is 0 Å². The largest absolute Gasteiger partial charge is 0.325 e. The van der Waals surface area contributed by atoms with Gasteiger partial charge in [-0.15, -0.1) is 0 Å². The summed E-state index contributed by atoms with van der Waals surface area (Å²) in [5.41, 5.74) is 1.84. The summed E-state index contributed by atoms with van der Waals surface area (Å²) in [5.74, 6) is -0.0502. The second-order valence-corrected chi connectivity index (χ2v) is 7.47. The highest BCUT2D eigenvalue weighted by Gasteiger charge is 2.18. The maximum atomic E-state index is 12.2. The second-order valence-electron chi connectivity index (χ2n) is 6.60. The van der Waals surface area contributed by atoms with Crippen LogP contribution in [-0.2, 0) is 4.79 Å². The number of anilines is 1. The van der Waals surface area contributed by atoms with E-state index in [1.165, 1.54) is 5.56 Å². The van der Waals surface area contributed by atoms with E-state index in [2.05, 4.69) is 39.4 Å². The minimum atomic E-state index is -0.0502. The molecule has 0 unspecified atom stereocenters. The lowest BCUT2D eigenvalue weighted by Crippen LogP contribution is -2.48. The van der Waals surface area contributed by atoms with Gasteiger partial charge in [-0.1, -0.05) is 65.7 Å². The smallest absolute Gasteiger partial charge is 0.238 e. The molecular weight excluding hydrogens is 381 g/mol. The highest BCUT2D eigenvalue weighted by atomic mass is 35.5. The molecule has 4 nitrogen and oxygen atoms in total. The number of hydrogen-bond donors (Lipinski definition) is 1. The Morgan fingerprint density at radius 1 is 0.963 bits per heavy atom. The Morgan fingerprint density at radius 2 is 1.59 bits per heavy atom. The fraction of sp³-hybridized carbons (Fsp3) is 0.286. The normalized spacial score (nSPS) is 15.9. The van der Waals surface area contributed by atoms with Crippen molar-refractivity contribution in [1.82, 2.24) is 9.80 Å². The number of nitrogens with one attached hydrogen (secondary N) is 1. The average Bonchev–Trinajstić information content (AvgIpc) is 2.63. The van der Waals surface area contributed by atoms with E-state index in [0.29, 0.717) is 22.3 Å². The molecule has 142 valence electrons. The Hall–Kier alpha value is -1.85. The first-order chi connectivity index (χ1) is 13.1. The molecular formula is C21H23Cl2N3O. The summed E-state index contributed by atoms with van der Waals surface area (Å²) in [5, 5.41) is 3.88. The van der Waals surface area contributed by atoms with Gasteiger partial charge in [-0.05, 0) is 23.8 Å². The van der Waals surface area contributed by atoms with Crippen LogP contribution in [0.5, 0.6) is 0 Å². The van der Waals surface area contributed by atoms with Crippen molar-refractivity contribution in [3.05, 3.63) is 70.2 Å². The van der Waals surface area contributed by atoms with Gasteiger partial charge in [-0.3, -0.25) is 14.6 Å². The molecule has 0 radical (unpaired) electrons. The van der Waals surface area contributed by atoms with Crippen LogP contribution in [0.4, 0.5) is 5.69 Å². The molecule has 0 aromatic heterocycles. The molecule has 1 aliphatic rings. The van der Waals surface area contributed by atoms with E-state index in [0.717, 1.165) is 32.7 Å². The number of carbonyl (C=O) groups excluding carboxylic acids is 1. The van der Waals surface area contributed by atoms with Crippen LogP contribution >= 0.6 is 23.2 Å². The van der Waals surface area contributed by atoms with Gasteiger partial charge in [0.25, 0.3) is 0 Å². The zero-order valence-electron chi connectivity index (χ0n) is 15.1. The van der Waals surface area contributed by atoms with Gasteiger partial charge >= 0.3 is 0 Å². The molecule has 0 spiro atoms. The number of hydrogen-bond acceptors (Lipinski definition) is 3. The highest BCUT2D eigenvalue weighted by molar-refractivity contribution is 6.35. The molecule has 6 heteroatoms. The Bertz CT molecular complexity index is 767. The van der Waals surface area contributed by atoms with Crippen molar-refractivity contribution in [2.45, 2.75) is 0 Å². The van der Waals surface area contributed by atoms with E-state index in [1.54, 1.807) is 18.2 Å². The monoisotopic (exact) mass is 403 g/mol. The van der Waals surface area contributed by atoms with E-state index < -0.39 is 0 Å². The number of amides is 1. The van der Waals surface area contributed by atoms with Crippen LogP contribution in [0.25, 0.3) is 6.08 Å². The van der Waals surface area contributed by atoms with Crippen molar-refractivity contribution < 1.29 is 4.79 Å². The van der Waals surface area contributed by atoms with Crippen molar-refractivity contribution in [3.63, 3.8) is 0 Å². The Labute approximate surface area is 170 Å². The van der Waals surface area contributed by atoms with Crippen molar-refractivity contribution in [1.29, 1.82) is 0 Å². The SMILES string of the molecule is O=C(CN1CCN(CC=Cc2ccccc2)CC1)Nc1cc(Cl)cc(Cl)c1. The minimum Gasteiger partial charge on any atom is -0.325 e. The molecule has 0 atom stereocenters. The summed E-state index contributed by atoms with van der Waals surface area (Å²) in [7, 11) is 0. The number of nitrogens with zero attached hydrogens (tertiary/aromatic N) is 2. The molecule has 0 aliphatic carbocycles. The molecule has 0 bridgehead atoms. The first-order valence-electron chi connectivity index (χ1n) is 9.01. The summed E-state index contributed by atoms with van der Waals surface area (Å²) in [6.07, 6.45) is 4.34. The highest BCUT2D eigenvalue weighted by Crippen LogP contribution is 2.22. The molecule has 1 N–H and O–H groups in total. The Balaban J connectivity index is 1.40. The lowest BCUT2D eigenvalue weighted by atomic mass is 10.2. The van der Waals surface area contributed by atoms with Gasteiger partial charge in [-0.2, -0.15) is 0 Å². The van der Waals surface area contributed by atoms with Gasteiger partial charge in [0, 0.05) is 48.5 Å². The third-order valence-corrected chi connectivity index (χ3v) is 4.89. The van der Waals surface area contributed by atoms with E-state index in [-0.39, 0.29) is 5.91 Å². The van der Waals surface area contributed by atoms with Gasteiger partial charge in [-0.25, -0.2) is 0 Å². The Kier molecular flexibility index (Phi) is 7.30. The van der Waals surface area contributed by atoms with Crippen molar-refractivity contribution in [3.8, 4) is 0 Å². The first kappa shape index (κ1) is 19.9. The number of carbonyl (C=O) groups is 1. The predicted molar refractivity (Wildman–Crippen MR) is 113 cm³/mol. The molecule has 0 saturated carbocycles. The maximum absolute atomic E-state index is 12.2. The van der Waals surface area contributed by atoms with Crippen LogP contribution in [-0.4, -0.2) is 55.0 Å². The molecule has 1 saturated heterocycles. The summed E-state index contributed by atoms with van der Waals surface area (Å²) in [6, 6.07) is 15.3. The van der Waals surface area contributed by atoms with Crippen LogP contribution in [0.2, 0.25) is 10.0 Å². The topological polar surface area (TPSA) is 35.6 Å². The van der Waals surface area contributed by atoms with Crippen molar-refractivity contribution in [2.24, 2.45) is 0 Å². The third kappa shape index (κ3) is 6.67. The van der Waals surface area contributed by atoms with E-state index in [9.17, 15) is 4.79 Å². The zero-order valence-corrected chi connectivity index (χ0v) is 16.6. The fourth-order valence-corrected chi connectivity index (χ4v) is 3.59. The van der Waals surface area contributed by atoms with Crippen LogP contribution in [0.1, 0.15) is 5.56 Å². The standard InChI is InChI=1S/C21H23Cl2N3O/c22-18-13-19(23)15-20(14-18)24-21(27)16-26-11-9-25(10-12-26)8-4-7-17-5-2-1-3-6-17/h1-7,13-15H,8-12,16H2,(H,24,27). The summed E-state index contributed by atoms with van der Waals surface area (Å²) >= 11 is 11.9. The van der Waals surface area contributed by atoms with Crippen LogP contribution in [0, 0.1) is 0 Å². The average molecular weight is 404 g/mol. The quantitative estimate of drug-likeness (QED) is 0.782. The summed E-state index contributed by atoms with van der Waals surface area (Å²) < 4.78 is 0. The molecule has 1 heterocycles. The number of halogens is 2. The van der Waals surface area contributed by atoms with Gasteiger partial charge < -0.3 is 5.32 Å². The lowest BCUT2D eigenvalue weighted by molar-refractivity contribution is -0.117. The Morgan fingerprint density at radius 3 is 2.26 bits per heavy atom. The zero-order chi connectivity index (χ0) is 19.1. The minimum absolute atomic E-state index is 0.0502. The molecule has 1 aliphatic heterocycles.